The normalized spacial score (nSPS) is 10.7. The van der Waals surface area contributed by atoms with Crippen molar-refractivity contribution >= 4 is 29.1 Å². The molecule has 0 radical (unpaired) electrons. The molecule has 1 N–H and O–H groups in total. The van der Waals surface area contributed by atoms with Gasteiger partial charge in [-0.1, -0.05) is 23.2 Å². The van der Waals surface area contributed by atoms with Gasteiger partial charge in [0.15, 0.2) is 0 Å². The van der Waals surface area contributed by atoms with E-state index in [1.165, 1.54) is 6.07 Å². The molecule has 2 rings (SSSR count). The number of pyridine rings is 1. The van der Waals surface area contributed by atoms with Crippen LogP contribution in [0, 0.1) is 13.8 Å². The van der Waals surface area contributed by atoms with Gasteiger partial charge < -0.3 is 5.32 Å². The van der Waals surface area contributed by atoms with Crippen molar-refractivity contribution in [2.24, 2.45) is 7.05 Å². The molecule has 5 nitrogen and oxygen atoms in total. The van der Waals surface area contributed by atoms with Crippen LogP contribution in [0.3, 0.4) is 0 Å². The van der Waals surface area contributed by atoms with E-state index >= 15 is 0 Å². The second kappa shape index (κ2) is 5.81. The Morgan fingerprint density at radius 3 is 2.65 bits per heavy atom. The number of aromatic nitrogens is 3. The zero-order chi connectivity index (χ0) is 14.9. The number of hydrogen-bond acceptors (Lipinski definition) is 3. The van der Waals surface area contributed by atoms with E-state index in [0.29, 0.717) is 6.54 Å². The number of amides is 1. The van der Waals surface area contributed by atoms with Gasteiger partial charge in [0.05, 0.1) is 10.7 Å². The van der Waals surface area contributed by atoms with E-state index in [1.54, 1.807) is 10.7 Å². The molecule has 0 saturated heterocycles. The average molecular weight is 313 g/mol. The standard InChI is InChI=1S/C13H14Cl2N4O/c1-7-9(8(2)19(3)18-7)6-16-13(20)12-10(14)4-5-11(15)17-12/h4-5H,6H2,1-3H3,(H,16,20). The lowest BCUT2D eigenvalue weighted by Gasteiger charge is -2.07. The Morgan fingerprint density at radius 1 is 1.35 bits per heavy atom. The van der Waals surface area contributed by atoms with Crippen LogP contribution in [-0.2, 0) is 13.6 Å². The molecule has 106 valence electrons. The quantitative estimate of drug-likeness (QED) is 0.886. The Morgan fingerprint density at radius 2 is 2.05 bits per heavy atom. The molecule has 0 spiro atoms. The summed E-state index contributed by atoms with van der Waals surface area (Å²) < 4.78 is 1.78. The van der Waals surface area contributed by atoms with Crippen molar-refractivity contribution in [3.05, 3.63) is 45.0 Å². The fourth-order valence-electron chi connectivity index (χ4n) is 1.90. The van der Waals surface area contributed by atoms with Crippen molar-refractivity contribution in [1.82, 2.24) is 20.1 Å². The summed E-state index contributed by atoms with van der Waals surface area (Å²) in [5.74, 6) is -0.361. The van der Waals surface area contributed by atoms with Gasteiger partial charge in [0.25, 0.3) is 5.91 Å². The number of hydrogen-bond donors (Lipinski definition) is 1. The molecule has 2 aromatic heterocycles. The van der Waals surface area contributed by atoms with Crippen molar-refractivity contribution in [3.8, 4) is 0 Å². The van der Waals surface area contributed by atoms with Crippen LogP contribution in [0.4, 0.5) is 0 Å². The minimum atomic E-state index is -0.361. The van der Waals surface area contributed by atoms with Gasteiger partial charge in [0, 0.05) is 24.8 Å². The topological polar surface area (TPSA) is 59.8 Å². The molecule has 7 heteroatoms. The second-order valence-corrected chi connectivity index (χ2v) is 5.21. The van der Waals surface area contributed by atoms with Crippen LogP contribution >= 0.6 is 23.2 Å². The lowest BCUT2D eigenvalue weighted by atomic mass is 10.2. The summed E-state index contributed by atoms with van der Waals surface area (Å²) in [6.45, 7) is 4.22. The summed E-state index contributed by atoms with van der Waals surface area (Å²) in [5, 5.41) is 7.58. The van der Waals surface area contributed by atoms with Gasteiger partial charge in [0.1, 0.15) is 10.8 Å². The van der Waals surface area contributed by atoms with E-state index in [0.717, 1.165) is 17.0 Å². The summed E-state index contributed by atoms with van der Waals surface area (Å²) in [6.07, 6.45) is 0. The number of nitrogens with zero attached hydrogens (tertiary/aromatic N) is 3. The Balaban J connectivity index is 2.15. The Labute approximate surface area is 126 Å². The molecular weight excluding hydrogens is 299 g/mol. The van der Waals surface area contributed by atoms with Crippen molar-refractivity contribution in [2.75, 3.05) is 0 Å². The van der Waals surface area contributed by atoms with Crippen LogP contribution < -0.4 is 5.32 Å². The Hall–Kier alpha value is -1.59. The van der Waals surface area contributed by atoms with Crippen LogP contribution in [0.25, 0.3) is 0 Å². The summed E-state index contributed by atoms with van der Waals surface area (Å²) in [7, 11) is 1.86. The molecule has 0 fully saturated rings. The minimum Gasteiger partial charge on any atom is -0.346 e. The van der Waals surface area contributed by atoms with Crippen LogP contribution in [-0.4, -0.2) is 20.7 Å². The number of halogens is 2. The molecule has 0 aliphatic heterocycles. The van der Waals surface area contributed by atoms with Crippen molar-refractivity contribution in [3.63, 3.8) is 0 Å². The fraction of sp³-hybridized carbons (Fsp3) is 0.308. The van der Waals surface area contributed by atoms with E-state index in [1.807, 2.05) is 20.9 Å². The smallest absolute Gasteiger partial charge is 0.271 e. The second-order valence-electron chi connectivity index (χ2n) is 4.42. The highest BCUT2D eigenvalue weighted by atomic mass is 35.5. The lowest BCUT2D eigenvalue weighted by molar-refractivity contribution is 0.0946. The van der Waals surface area contributed by atoms with Crippen molar-refractivity contribution in [2.45, 2.75) is 20.4 Å². The monoisotopic (exact) mass is 312 g/mol. The van der Waals surface area contributed by atoms with E-state index in [2.05, 4.69) is 15.4 Å². The first-order valence-electron chi connectivity index (χ1n) is 5.99. The van der Waals surface area contributed by atoms with Crippen LogP contribution in [0.2, 0.25) is 10.2 Å². The SMILES string of the molecule is Cc1nn(C)c(C)c1CNC(=O)c1nc(Cl)ccc1Cl. The third-order valence-corrected chi connectivity index (χ3v) is 3.63. The summed E-state index contributed by atoms with van der Waals surface area (Å²) in [5.41, 5.74) is 3.00. The van der Waals surface area contributed by atoms with Crippen molar-refractivity contribution < 1.29 is 4.79 Å². The van der Waals surface area contributed by atoms with E-state index in [4.69, 9.17) is 23.2 Å². The molecule has 0 bridgehead atoms. The van der Waals surface area contributed by atoms with Gasteiger partial charge in [-0.05, 0) is 26.0 Å². The molecule has 0 saturated carbocycles. The molecule has 0 aromatic carbocycles. The van der Waals surface area contributed by atoms with E-state index < -0.39 is 0 Å². The third kappa shape index (κ3) is 2.94. The molecule has 2 aromatic rings. The minimum absolute atomic E-state index is 0.123. The molecule has 0 atom stereocenters. The molecule has 1 amide bonds. The third-order valence-electron chi connectivity index (χ3n) is 3.11. The number of carbonyl (C=O) groups excluding carboxylic acids is 1. The number of aryl methyl sites for hydroxylation is 2. The number of nitrogens with one attached hydrogen (secondary N) is 1. The van der Waals surface area contributed by atoms with E-state index in [9.17, 15) is 4.79 Å². The Bertz CT molecular complexity index is 667. The largest absolute Gasteiger partial charge is 0.346 e. The summed E-state index contributed by atoms with van der Waals surface area (Å²) >= 11 is 11.7. The maximum atomic E-state index is 12.1. The highest BCUT2D eigenvalue weighted by Gasteiger charge is 2.15. The summed E-state index contributed by atoms with van der Waals surface area (Å²) in [4.78, 5) is 16.0. The van der Waals surface area contributed by atoms with Gasteiger partial charge in [-0.2, -0.15) is 5.10 Å². The maximum absolute atomic E-state index is 12.1. The van der Waals surface area contributed by atoms with Crippen LogP contribution in [0.15, 0.2) is 12.1 Å². The summed E-state index contributed by atoms with van der Waals surface area (Å²) in [6, 6.07) is 3.09. The predicted octanol–water partition coefficient (Wildman–Crippen LogP) is 2.67. The fourth-order valence-corrected chi connectivity index (χ4v) is 2.24. The van der Waals surface area contributed by atoms with Gasteiger partial charge >= 0.3 is 0 Å². The van der Waals surface area contributed by atoms with Crippen LogP contribution in [0.5, 0.6) is 0 Å². The molecule has 0 aliphatic rings. The number of carbonyl (C=O) groups is 1. The lowest BCUT2D eigenvalue weighted by Crippen LogP contribution is -2.24. The number of rotatable bonds is 3. The van der Waals surface area contributed by atoms with Gasteiger partial charge in [-0.15, -0.1) is 0 Å². The zero-order valence-corrected chi connectivity index (χ0v) is 12.9. The molecule has 20 heavy (non-hydrogen) atoms. The van der Waals surface area contributed by atoms with E-state index in [-0.39, 0.29) is 21.8 Å². The highest BCUT2D eigenvalue weighted by Crippen LogP contribution is 2.17. The first-order chi connectivity index (χ1) is 9.40. The molecule has 0 aliphatic carbocycles. The van der Waals surface area contributed by atoms with Gasteiger partial charge in [-0.25, -0.2) is 4.98 Å². The van der Waals surface area contributed by atoms with Crippen LogP contribution in [0.1, 0.15) is 27.4 Å². The molecule has 2 heterocycles. The predicted molar refractivity (Wildman–Crippen MR) is 78.1 cm³/mol. The molecule has 0 unspecified atom stereocenters. The van der Waals surface area contributed by atoms with Crippen molar-refractivity contribution in [1.29, 1.82) is 0 Å². The Kier molecular flexibility index (Phi) is 4.30. The average Bonchev–Trinajstić information content (AvgIpc) is 2.64. The van der Waals surface area contributed by atoms with Gasteiger partial charge in [0.2, 0.25) is 0 Å². The highest BCUT2D eigenvalue weighted by molar-refractivity contribution is 6.34. The van der Waals surface area contributed by atoms with Gasteiger partial charge in [-0.3, -0.25) is 9.48 Å². The first kappa shape index (κ1) is 14.8. The zero-order valence-electron chi connectivity index (χ0n) is 11.4. The maximum Gasteiger partial charge on any atom is 0.271 e. The molecular formula is C13H14Cl2N4O. The first-order valence-corrected chi connectivity index (χ1v) is 6.75.